The highest BCUT2D eigenvalue weighted by molar-refractivity contribution is 5.86. The molecule has 10 heteroatoms. The van der Waals surface area contributed by atoms with Gasteiger partial charge in [-0.15, -0.1) is 0 Å². The van der Waals surface area contributed by atoms with Crippen LogP contribution in [-0.4, -0.2) is 48.6 Å². The molecular formula is C32H40N6O4. The second-order valence-corrected chi connectivity index (χ2v) is 8.74. The number of aliphatic hydroxyl groups is 2. The number of hydrogen-bond acceptors (Lipinski definition) is 10. The minimum Gasteiger partial charge on any atom is -0.460 e. The number of anilines is 1. The lowest BCUT2D eigenvalue weighted by molar-refractivity contribution is -0.138. The van der Waals surface area contributed by atoms with Crippen LogP contribution in [0.1, 0.15) is 39.3 Å². The number of esters is 1. The smallest absolute Gasteiger partial charge is 0.333 e. The second kappa shape index (κ2) is 18.6. The van der Waals surface area contributed by atoms with Crippen LogP contribution in [0.5, 0.6) is 0 Å². The van der Waals surface area contributed by atoms with E-state index in [2.05, 4.69) is 33.1 Å². The number of hydrogen-bond donors (Lipinski definition) is 2. The van der Waals surface area contributed by atoms with Crippen LogP contribution in [0.25, 0.3) is 0 Å². The first-order chi connectivity index (χ1) is 19.8. The van der Waals surface area contributed by atoms with Gasteiger partial charge in [-0.05, 0) is 86.1 Å². The molecule has 0 amide bonds. The van der Waals surface area contributed by atoms with Crippen LogP contribution in [0, 0.1) is 18.3 Å². The fourth-order valence-electron chi connectivity index (χ4n) is 3.38. The first-order valence-corrected chi connectivity index (χ1v) is 13.2. The molecule has 0 saturated carbocycles. The zero-order valence-electron chi connectivity index (χ0n) is 23.9. The molecule has 3 aromatic rings. The molecule has 0 saturated heterocycles. The SMILES string of the molecule is C.C=C(C)C(=O)OCCN(CC(O)CO)c1ccc(N=Nc2ccc(N=Nc3ccc(C#N)cc3)cc2C)cc1.CC. The standard InChI is InChI=1S/C29H30N6O4.C2H6.CH4/c1-20(2)29(38)39-15-14-35(18-27(37)19-36)26-11-8-24(9-12-26)32-34-28-13-10-25(16-21(28)3)33-31-23-6-4-22(17-30)5-7-23;1-2;/h4-13,16,27,36-37H,1,14-15,18-19H2,2-3H3;1-2H3;1H4. The Hall–Kier alpha value is -4.72. The van der Waals surface area contributed by atoms with Crippen molar-refractivity contribution in [2.75, 3.05) is 31.2 Å². The maximum Gasteiger partial charge on any atom is 0.333 e. The van der Waals surface area contributed by atoms with Gasteiger partial charge in [-0.3, -0.25) is 0 Å². The molecule has 3 aromatic carbocycles. The van der Waals surface area contributed by atoms with E-state index in [9.17, 15) is 15.0 Å². The lowest BCUT2D eigenvalue weighted by Gasteiger charge is -2.26. The van der Waals surface area contributed by atoms with Gasteiger partial charge in [0.25, 0.3) is 0 Å². The fraction of sp³-hybridized carbons (Fsp3) is 0.312. The molecule has 0 aliphatic rings. The van der Waals surface area contributed by atoms with E-state index in [1.807, 2.05) is 49.9 Å². The summed E-state index contributed by atoms with van der Waals surface area (Å²) in [4.78, 5) is 13.5. The summed E-state index contributed by atoms with van der Waals surface area (Å²) in [5.74, 6) is -0.480. The summed E-state index contributed by atoms with van der Waals surface area (Å²) in [6, 6.07) is 21.6. The zero-order chi connectivity index (χ0) is 30.2. The van der Waals surface area contributed by atoms with Crippen molar-refractivity contribution < 1.29 is 19.7 Å². The van der Waals surface area contributed by atoms with Crippen molar-refractivity contribution in [1.29, 1.82) is 5.26 Å². The molecule has 0 aromatic heterocycles. The van der Waals surface area contributed by atoms with Gasteiger partial charge in [0.05, 0.1) is 53.6 Å². The maximum atomic E-state index is 11.7. The predicted molar refractivity (Wildman–Crippen MR) is 166 cm³/mol. The van der Waals surface area contributed by atoms with Crippen LogP contribution in [-0.2, 0) is 9.53 Å². The molecule has 0 fully saturated rings. The number of carbonyl (C=O) groups is 1. The van der Waals surface area contributed by atoms with Gasteiger partial charge in [0.1, 0.15) is 6.61 Å². The quantitative estimate of drug-likeness (QED) is 0.130. The summed E-state index contributed by atoms with van der Waals surface area (Å²) in [5, 5.41) is 45.2. The Bertz CT molecular complexity index is 1380. The van der Waals surface area contributed by atoms with Crippen molar-refractivity contribution in [3.05, 3.63) is 90.0 Å². The van der Waals surface area contributed by atoms with E-state index in [0.29, 0.717) is 40.4 Å². The minimum absolute atomic E-state index is 0. The Morgan fingerprint density at radius 1 is 0.976 bits per heavy atom. The van der Waals surface area contributed by atoms with E-state index in [1.54, 1.807) is 49.4 Å². The Morgan fingerprint density at radius 2 is 1.52 bits per heavy atom. The molecule has 0 bridgehead atoms. The van der Waals surface area contributed by atoms with E-state index >= 15 is 0 Å². The van der Waals surface area contributed by atoms with Crippen LogP contribution in [0.15, 0.2) is 99.3 Å². The number of aliphatic hydroxyl groups excluding tert-OH is 2. The van der Waals surface area contributed by atoms with E-state index < -0.39 is 12.1 Å². The third-order valence-electron chi connectivity index (χ3n) is 5.53. The summed E-state index contributed by atoms with van der Waals surface area (Å²) in [5.41, 5.74) is 5.14. The fourth-order valence-corrected chi connectivity index (χ4v) is 3.38. The van der Waals surface area contributed by atoms with Crippen molar-refractivity contribution >= 4 is 34.4 Å². The average molecular weight is 573 g/mol. The molecule has 10 nitrogen and oxygen atoms in total. The van der Waals surface area contributed by atoms with E-state index in [1.165, 1.54) is 0 Å². The Morgan fingerprint density at radius 3 is 2.07 bits per heavy atom. The molecular weight excluding hydrogens is 532 g/mol. The van der Waals surface area contributed by atoms with Gasteiger partial charge < -0.3 is 19.8 Å². The third-order valence-corrected chi connectivity index (χ3v) is 5.53. The molecule has 2 N–H and O–H groups in total. The van der Waals surface area contributed by atoms with Crippen LogP contribution in [0.2, 0.25) is 0 Å². The van der Waals surface area contributed by atoms with Crippen LogP contribution >= 0.6 is 0 Å². The van der Waals surface area contributed by atoms with Crippen LogP contribution < -0.4 is 4.90 Å². The molecule has 1 atom stereocenters. The van der Waals surface area contributed by atoms with Crippen molar-refractivity contribution in [3.63, 3.8) is 0 Å². The highest BCUT2D eigenvalue weighted by atomic mass is 16.5. The van der Waals surface area contributed by atoms with Gasteiger partial charge in [0.15, 0.2) is 0 Å². The second-order valence-electron chi connectivity index (χ2n) is 8.74. The van der Waals surface area contributed by atoms with E-state index in [0.717, 1.165) is 11.3 Å². The summed E-state index contributed by atoms with van der Waals surface area (Å²) < 4.78 is 5.17. The van der Waals surface area contributed by atoms with Crippen molar-refractivity contribution in [2.24, 2.45) is 20.5 Å². The highest BCUT2D eigenvalue weighted by Gasteiger charge is 2.13. The largest absolute Gasteiger partial charge is 0.460 e. The van der Waals surface area contributed by atoms with Gasteiger partial charge in [0.2, 0.25) is 0 Å². The average Bonchev–Trinajstić information content (AvgIpc) is 3.00. The van der Waals surface area contributed by atoms with Crippen molar-refractivity contribution in [3.8, 4) is 6.07 Å². The Labute approximate surface area is 248 Å². The number of nitrogens with zero attached hydrogens (tertiary/aromatic N) is 6. The zero-order valence-corrected chi connectivity index (χ0v) is 23.9. The minimum atomic E-state index is -0.948. The van der Waals surface area contributed by atoms with Gasteiger partial charge in [-0.2, -0.15) is 25.7 Å². The first kappa shape index (κ1) is 35.3. The Balaban J connectivity index is 0.00000288. The number of benzene rings is 3. The summed E-state index contributed by atoms with van der Waals surface area (Å²) in [6.07, 6.45) is -0.948. The van der Waals surface area contributed by atoms with E-state index in [-0.39, 0.29) is 27.2 Å². The molecule has 3 rings (SSSR count). The van der Waals surface area contributed by atoms with E-state index in [4.69, 9.17) is 10.00 Å². The summed E-state index contributed by atoms with van der Waals surface area (Å²) in [6.45, 7) is 11.2. The highest BCUT2D eigenvalue weighted by Crippen LogP contribution is 2.28. The molecule has 0 heterocycles. The normalized spacial score (nSPS) is 11.2. The van der Waals surface area contributed by atoms with Crippen molar-refractivity contribution in [1.82, 2.24) is 0 Å². The number of carbonyl (C=O) groups excluding carboxylic acids is 1. The number of azo groups is 2. The van der Waals surface area contributed by atoms with Gasteiger partial charge in [-0.25, -0.2) is 4.79 Å². The number of nitriles is 1. The summed E-state index contributed by atoms with van der Waals surface area (Å²) >= 11 is 0. The maximum absolute atomic E-state index is 11.7. The van der Waals surface area contributed by atoms with Crippen LogP contribution in [0.3, 0.4) is 0 Å². The number of ether oxygens (including phenoxy) is 1. The molecule has 0 aliphatic heterocycles. The lowest BCUT2D eigenvalue weighted by Crippen LogP contribution is -2.37. The molecule has 1 unspecified atom stereocenters. The molecule has 42 heavy (non-hydrogen) atoms. The topological polar surface area (TPSA) is 143 Å². The number of rotatable bonds is 12. The predicted octanol–water partition coefficient (Wildman–Crippen LogP) is 7.64. The molecule has 222 valence electrons. The Kier molecular flexibility index (Phi) is 15.6. The molecule has 0 radical (unpaired) electrons. The molecule has 0 aliphatic carbocycles. The van der Waals surface area contributed by atoms with Crippen LogP contribution in [0.4, 0.5) is 28.4 Å². The van der Waals surface area contributed by atoms with Gasteiger partial charge in [-0.1, -0.05) is 27.9 Å². The van der Waals surface area contributed by atoms with Gasteiger partial charge >= 0.3 is 5.97 Å². The lowest BCUT2D eigenvalue weighted by atomic mass is 10.2. The third kappa shape index (κ3) is 11.4. The monoisotopic (exact) mass is 572 g/mol. The number of aryl methyl sites for hydroxylation is 1. The van der Waals surface area contributed by atoms with Gasteiger partial charge in [0, 0.05) is 17.8 Å². The van der Waals surface area contributed by atoms with Crippen molar-refractivity contribution in [2.45, 2.75) is 41.2 Å². The first-order valence-electron chi connectivity index (χ1n) is 13.2. The molecule has 0 spiro atoms. The summed E-state index contributed by atoms with van der Waals surface area (Å²) in [7, 11) is 0.